The Labute approximate surface area is 102 Å². The van der Waals surface area contributed by atoms with Crippen molar-refractivity contribution in [2.75, 3.05) is 46.4 Å². The van der Waals surface area contributed by atoms with Crippen LogP contribution >= 0.6 is 0 Å². The van der Waals surface area contributed by atoms with Gasteiger partial charge in [-0.05, 0) is 6.42 Å². The molecule has 0 spiro atoms. The number of nitrogens with zero attached hydrogens (tertiary/aromatic N) is 2. The molecule has 0 atom stereocenters. The van der Waals surface area contributed by atoms with Crippen molar-refractivity contribution < 1.29 is 14.3 Å². The minimum Gasteiger partial charge on any atom is -0.385 e. The van der Waals surface area contributed by atoms with Crippen LogP contribution in [0.4, 0.5) is 4.79 Å². The fraction of sp³-hybridized carbons (Fsp3) is 0.818. The second kappa shape index (κ2) is 7.11. The van der Waals surface area contributed by atoms with Gasteiger partial charge in [-0.3, -0.25) is 4.79 Å². The van der Waals surface area contributed by atoms with Crippen molar-refractivity contribution in [2.24, 2.45) is 0 Å². The van der Waals surface area contributed by atoms with Gasteiger partial charge in [-0.25, -0.2) is 4.79 Å². The van der Waals surface area contributed by atoms with Gasteiger partial charge in [0.25, 0.3) is 0 Å². The predicted molar refractivity (Wildman–Crippen MR) is 63.7 cm³/mol. The van der Waals surface area contributed by atoms with Crippen molar-refractivity contribution in [1.82, 2.24) is 15.1 Å². The molecule has 6 nitrogen and oxygen atoms in total. The Bertz CT molecular complexity index is 263. The predicted octanol–water partition coefficient (Wildman–Crippen LogP) is -0.103. The number of hydrogen-bond donors (Lipinski definition) is 1. The molecule has 1 aliphatic rings. The summed E-state index contributed by atoms with van der Waals surface area (Å²) in [6.45, 7) is 5.30. The maximum absolute atomic E-state index is 11.7. The Hall–Kier alpha value is -1.30. The summed E-state index contributed by atoms with van der Waals surface area (Å²) in [5.41, 5.74) is 0. The van der Waals surface area contributed by atoms with Gasteiger partial charge in [0.05, 0.1) is 0 Å². The Morgan fingerprint density at radius 1 is 1.18 bits per heavy atom. The first-order chi connectivity index (χ1) is 8.15. The molecule has 0 saturated carbocycles. The van der Waals surface area contributed by atoms with Crippen molar-refractivity contribution in [3.05, 3.63) is 0 Å². The second-order valence-electron chi connectivity index (χ2n) is 4.07. The van der Waals surface area contributed by atoms with Gasteiger partial charge in [0.15, 0.2) is 0 Å². The van der Waals surface area contributed by atoms with Gasteiger partial charge in [-0.2, -0.15) is 0 Å². The number of urea groups is 1. The number of amides is 3. The first-order valence-electron chi connectivity index (χ1n) is 5.92. The van der Waals surface area contributed by atoms with E-state index < -0.39 is 0 Å². The van der Waals surface area contributed by atoms with Crippen LogP contribution < -0.4 is 5.32 Å². The summed E-state index contributed by atoms with van der Waals surface area (Å²) in [5.74, 6) is 0.0742. The maximum atomic E-state index is 11.7. The van der Waals surface area contributed by atoms with E-state index in [1.807, 2.05) is 0 Å². The van der Waals surface area contributed by atoms with Gasteiger partial charge < -0.3 is 19.9 Å². The molecule has 17 heavy (non-hydrogen) atoms. The van der Waals surface area contributed by atoms with Crippen molar-refractivity contribution >= 4 is 11.9 Å². The van der Waals surface area contributed by atoms with Crippen LogP contribution in [0.2, 0.25) is 0 Å². The normalized spacial score (nSPS) is 15.9. The Kier molecular flexibility index (Phi) is 5.76. The van der Waals surface area contributed by atoms with Crippen LogP contribution in [0.25, 0.3) is 0 Å². The number of ether oxygens (including phenoxy) is 1. The number of piperazine rings is 1. The lowest BCUT2D eigenvalue weighted by atomic mass is 10.3. The summed E-state index contributed by atoms with van der Waals surface area (Å²) < 4.78 is 4.90. The molecule has 0 aromatic carbocycles. The molecular weight excluding hydrogens is 222 g/mol. The summed E-state index contributed by atoms with van der Waals surface area (Å²) >= 11 is 0. The average Bonchev–Trinajstić information content (AvgIpc) is 2.34. The first kappa shape index (κ1) is 13.8. The molecule has 0 aromatic heterocycles. The van der Waals surface area contributed by atoms with E-state index in [2.05, 4.69) is 5.32 Å². The zero-order chi connectivity index (χ0) is 12.7. The van der Waals surface area contributed by atoms with E-state index in [9.17, 15) is 9.59 Å². The quantitative estimate of drug-likeness (QED) is 0.701. The molecule has 0 aromatic rings. The molecule has 1 rings (SSSR count). The zero-order valence-electron chi connectivity index (χ0n) is 10.6. The lowest BCUT2D eigenvalue weighted by Gasteiger charge is -2.34. The summed E-state index contributed by atoms with van der Waals surface area (Å²) in [5, 5.41) is 2.83. The largest absolute Gasteiger partial charge is 0.385 e. The van der Waals surface area contributed by atoms with Crippen LogP contribution in [0.15, 0.2) is 0 Å². The number of carbonyl (C=O) groups excluding carboxylic acids is 2. The van der Waals surface area contributed by atoms with Crippen LogP contribution in [-0.4, -0.2) is 68.2 Å². The molecular formula is C11H21N3O3. The van der Waals surface area contributed by atoms with Crippen LogP contribution in [0.5, 0.6) is 0 Å². The third kappa shape index (κ3) is 4.60. The summed E-state index contributed by atoms with van der Waals surface area (Å²) in [6.07, 6.45) is 0.815. The molecule has 0 aliphatic carbocycles. The van der Waals surface area contributed by atoms with Crippen LogP contribution in [0.3, 0.4) is 0 Å². The molecule has 1 aliphatic heterocycles. The number of methoxy groups -OCH3 is 1. The number of nitrogens with one attached hydrogen (secondary N) is 1. The van der Waals surface area contributed by atoms with E-state index in [-0.39, 0.29) is 11.9 Å². The van der Waals surface area contributed by atoms with Gasteiger partial charge in [0.2, 0.25) is 5.91 Å². The SMILES string of the molecule is COCCCNC(=O)N1CCN(C(C)=O)CC1. The average molecular weight is 243 g/mol. The fourth-order valence-corrected chi connectivity index (χ4v) is 1.75. The van der Waals surface area contributed by atoms with Gasteiger partial charge in [-0.1, -0.05) is 0 Å². The van der Waals surface area contributed by atoms with E-state index in [0.717, 1.165) is 6.42 Å². The lowest BCUT2D eigenvalue weighted by Crippen LogP contribution is -2.52. The van der Waals surface area contributed by atoms with E-state index in [1.165, 1.54) is 0 Å². The van der Waals surface area contributed by atoms with Gasteiger partial charge in [0.1, 0.15) is 0 Å². The van der Waals surface area contributed by atoms with Crippen LogP contribution in [0, 0.1) is 0 Å². The van der Waals surface area contributed by atoms with E-state index in [0.29, 0.717) is 39.3 Å². The third-order valence-electron chi connectivity index (χ3n) is 2.81. The van der Waals surface area contributed by atoms with Gasteiger partial charge >= 0.3 is 6.03 Å². The van der Waals surface area contributed by atoms with Gasteiger partial charge in [-0.15, -0.1) is 0 Å². The number of rotatable bonds is 4. The smallest absolute Gasteiger partial charge is 0.317 e. The number of carbonyl (C=O) groups is 2. The van der Waals surface area contributed by atoms with Crippen LogP contribution in [0.1, 0.15) is 13.3 Å². The van der Waals surface area contributed by atoms with E-state index in [1.54, 1.807) is 23.8 Å². The molecule has 0 radical (unpaired) electrons. The Balaban J connectivity index is 2.19. The molecule has 1 saturated heterocycles. The highest BCUT2D eigenvalue weighted by molar-refractivity contribution is 5.76. The van der Waals surface area contributed by atoms with E-state index in [4.69, 9.17) is 4.74 Å². The molecule has 1 fully saturated rings. The molecule has 3 amide bonds. The fourth-order valence-electron chi connectivity index (χ4n) is 1.75. The van der Waals surface area contributed by atoms with E-state index >= 15 is 0 Å². The lowest BCUT2D eigenvalue weighted by molar-refractivity contribution is -0.130. The Morgan fingerprint density at radius 2 is 1.76 bits per heavy atom. The van der Waals surface area contributed by atoms with Crippen molar-refractivity contribution in [2.45, 2.75) is 13.3 Å². The van der Waals surface area contributed by atoms with Gasteiger partial charge in [0, 0.05) is 53.4 Å². The van der Waals surface area contributed by atoms with Crippen molar-refractivity contribution in [3.8, 4) is 0 Å². The third-order valence-corrected chi connectivity index (χ3v) is 2.81. The molecule has 6 heteroatoms. The molecule has 1 N–H and O–H groups in total. The number of hydrogen-bond acceptors (Lipinski definition) is 3. The summed E-state index contributed by atoms with van der Waals surface area (Å²) in [4.78, 5) is 26.3. The van der Waals surface area contributed by atoms with Crippen molar-refractivity contribution in [1.29, 1.82) is 0 Å². The highest BCUT2D eigenvalue weighted by Crippen LogP contribution is 2.02. The van der Waals surface area contributed by atoms with Crippen LogP contribution in [-0.2, 0) is 9.53 Å². The zero-order valence-corrected chi connectivity index (χ0v) is 10.6. The highest BCUT2D eigenvalue weighted by atomic mass is 16.5. The molecule has 0 unspecified atom stereocenters. The minimum absolute atomic E-state index is 0.0516. The Morgan fingerprint density at radius 3 is 2.29 bits per heavy atom. The monoisotopic (exact) mass is 243 g/mol. The summed E-state index contributed by atoms with van der Waals surface area (Å²) in [6, 6.07) is -0.0516. The minimum atomic E-state index is -0.0516. The highest BCUT2D eigenvalue weighted by Gasteiger charge is 2.21. The summed E-state index contributed by atoms with van der Waals surface area (Å²) in [7, 11) is 1.64. The second-order valence-corrected chi connectivity index (χ2v) is 4.07. The molecule has 1 heterocycles. The topological polar surface area (TPSA) is 61.9 Å². The molecule has 0 bridgehead atoms. The first-order valence-corrected chi connectivity index (χ1v) is 5.92. The van der Waals surface area contributed by atoms with Crippen molar-refractivity contribution in [3.63, 3.8) is 0 Å². The molecule has 98 valence electrons. The standard InChI is InChI=1S/C11H21N3O3/c1-10(15)13-5-7-14(8-6-13)11(16)12-4-3-9-17-2/h3-9H2,1-2H3,(H,12,16). The maximum Gasteiger partial charge on any atom is 0.317 e.